The SMILES string of the molecule is COc1ccc(CCCNCCCOc2ccc(NC(=O)c3cccc4c(=O)c5ccccc5[nH]c34)cc2)cc1. The number of benzene rings is 4. The molecule has 0 aliphatic carbocycles. The number of aromatic amines is 1. The van der Waals surface area contributed by atoms with Crippen molar-refractivity contribution in [1.29, 1.82) is 0 Å². The van der Waals surface area contributed by atoms with E-state index in [1.807, 2.05) is 54.6 Å². The van der Waals surface area contributed by atoms with Crippen LogP contribution in [-0.2, 0) is 6.42 Å². The molecule has 0 atom stereocenters. The first-order chi connectivity index (χ1) is 19.6. The van der Waals surface area contributed by atoms with Gasteiger partial charge in [-0.25, -0.2) is 0 Å². The van der Waals surface area contributed by atoms with E-state index in [-0.39, 0.29) is 11.3 Å². The van der Waals surface area contributed by atoms with Crippen LogP contribution in [0.2, 0.25) is 0 Å². The summed E-state index contributed by atoms with van der Waals surface area (Å²) < 4.78 is 11.1. The minimum atomic E-state index is -0.289. The third-order valence-electron chi connectivity index (χ3n) is 6.84. The van der Waals surface area contributed by atoms with Crippen LogP contribution in [0.4, 0.5) is 5.69 Å². The molecule has 0 spiro atoms. The number of methoxy groups -OCH3 is 1. The molecule has 4 aromatic carbocycles. The Balaban J connectivity index is 1.07. The molecule has 0 saturated carbocycles. The molecule has 204 valence electrons. The Labute approximate surface area is 233 Å². The maximum atomic E-state index is 13.1. The zero-order valence-electron chi connectivity index (χ0n) is 22.5. The van der Waals surface area contributed by atoms with Gasteiger partial charge < -0.3 is 25.1 Å². The average molecular weight is 536 g/mol. The fourth-order valence-electron chi connectivity index (χ4n) is 4.69. The number of ether oxygens (including phenoxy) is 2. The molecule has 0 aliphatic heterocycles. The molecule has 0 radical (unpaired) electrons. The standard InChI is InChI=1S/C33H33N3O4/c1-39-25-16-12-23(13-17-25)7-5-20-34-21-6-22-40-26-18-14-24(15-19-26)35-33(38)29-10-4-9-28-31(29)36-30-11-3-2-8-27(30)32(28)37/h2-4,8-19,34H,5-7,20-22H2,1H3,(H,35,38)(H,36,37). The van der Waals surface area contributed by atoms with Gasteiger partial charge in [0.1, 0.15) is 11.5 Å². The van der Waals surface area contributed by atoms with E-state index in [0.29, 0.717) is 39.7 Å². The number of hydrogen-bond acceptors (Lipinski definition) is 5. The summed E-state index contributed by atoms with van der Waals surface area (Å²) in [6.07, 6.45) is 3.01. The predicted octanol–water partition coefficient (Wildman–Crippen LogP) is 5.93. The van der Waals surface area contributed by atoms with Gasteiger partial charge in [-0.3, -0.25) is 9.59 Å². The number of fused-ring (bicyclic) bond motifs is 2. The lowest BCUT2D eigenvalue weighted by atomic mass is 10.1. The fourth-order valence-corrected chi connectivity index (χ4v) is 4.69. The Morgan fingerprint density at radius 3 is 2.33 bits per heavy atom. The normalized spacial score (nSPS) is 11.0. The van der Waals surface area contributed by atoms with Gasteiger partial charge in [0.05, 0.1) is 24.8 Å². The minimum absolute atomic E-state index is 0.0933. The van der Waals surface area contributed by atoms with Gasteiger partial charge in [-0.05, 0) is 98.6 Å². The van der Waals surface area contributed by atoms with Gasteiger partial charge in [-0.2, -0.15) is 0 Å². The van der Waals surface area contributed by atoms with Gasteiger partial charge in [-0.15, -0.1) is 0 Å². The van der Waals surface area contributed by atoms with Crippen LogP contribution in [0.3, 0.4) is 0 Å². The third-order valence-corrected chi connectivity index (χ3v) is 6.84. The van der Waals surface area contributed by atoms with Crippen LogP contribution in [0.15, 0.2) is 95.8 Å². The van der Waals surface area contributed by atoms with E-state index in [2.05, 4.69) is 27.8 Å². The lowest BCUT2D eigenvalue weighted by Crippen LogP contribution is -2.19. The number of anilines is 1. The Morgan fingerprint density at radius 1 is 0.800 bits per heavy atom. The molecule has 40 heavy (non-hydrogen) atoms. The summed E-state index contributed by atoms with van der Waals surface area (Å²) in [5.41, 5.74) is 3.51. The zero-order valence-corrected chi connectivity index (χ0v) is 22.5. The molecule has 0 unspecified atom stereocenters. The molecule has 3 N–H and O–H groups in total. The number of carbonyl (C=O) groups is 1. The van der Waals surface area contributed by atoms with Crippen LogP contribution < -0.4 is 25.5 Å². The quantitative estimate of drug-likeness (QED) is 0.136. The van der Waals surface area contributed by atoms with E-state index in [1.165, 1.54) is 5.56 Å². The number of para-hydroxylation sites is 2. The molecule has 0 fully saturated rings. The number of rotatable bonds is 12. The van der Waals surface area contributed by atoms with Crippen molar-refractivity contribution in [3.05, 3.63) is 112 Å². The van der Waals surface area contributed by atoms with Crippen molar-refractivity contribution in [2.24, 2.45) is 0 Å². The van der Waals surface area contributed by atoms with Crippen LogP contribution in [-0.4, -0.2) is 37.7 Å². The van der Waals surface area contributed by atoms with Crippen molar-refractivity contribution in [3.8, 4) is 11.5 Å². The largest absolute Gasteiger partial charge is 0.497 e. The summed E-state index contributed by atoms with van der Waals surface area (Å²) in [5.74, 6) is 1.34. The lowest BCUT2D eigenvalue weighted by molar-refractivity contribution is 0.102. The van der Waals surface area contributed by atoms with Gasteiger partial charge in [0.25, 0.3) is 5.91 Å². The van der Waals surface area contributed by atoms with E-state index in [4.69, 9.17) is 9.47 Å². The zero-order chi connectivity index (χ0) is 27.7. The second-order valence-corrected chi connectivity index (χ2v) is 9.61. The van der Waals surface area contributed by atoms with Gasteiger partial charge in [-0.1, -0.05) is 30.3 Å². The predicted molar refractivity (Wildman–Crippen MR) is 161 cm³/mol. The van der Waals surface area contributed by atoms with Crippen molar-refractivity contribution < 1.29 is 14.3 Å². The highest BCUT2D eigenvalue weighted by Gasteiger charge is 2.14. The van der Waals surface area contributed by atoms with Crippen LogP contribution in [0, 0.1) is 0 Å². The number of nitrogens with one attached hydrogen (secondary N) is 3. The molecule has 7 nitrogen and oxygen atoms in total. The van der Waals surface area contributed by atoms with Gasteiger partial charge in [0.2, 0.25) is 0 Å². The molecule has 0 saturated heterocycles. The Morgan fingerprint density at radius 2 is 1.52 bits per heavy atom. The fraction of sp³-hybridized carbons (Fsp3) is 0.212. The molecular formula is C33H33N3O4. The molecule has 1 aromatic heterocycles. The van der Waals surface area contributed by atoms with Crippen LogP contribution in [0.1, 0.15) is 28.8 Å². The van der Waals surface area contributed by atoms with Crippen molar-refractivity contribution in [2.45, 2.75) is 19.3 Å². The number of pyridine rings is 1. The molecular weight excluding hydrogens is 502 g/mol. The summed E-state index contributed by atoms with van der Waals surface area (Å²) in [5, 5.41) is 7.48. The summed E-state index contributed by atoms with van der Waals surface area (Å²) in [6.45, 7) is 2.45. The molecule has 0 aliphatic rings. The van der Waals surface area contributed by atoms with Crippen LogP contribution >= 0.6 is 0 Å². The molecule has 0 bridgehead atoms. The number of carbonyl (C=O) groups excluding carboxylic acids is 1. The first-order valence-electron chi connectivity index (χ1n) is 13.5. The molecule has 7 heteroatoms. The average Bonchev–Trinajstić information content (AvgIpc) is 2.99. The highest BCUT2D eigenvalue weighted by atomic mass is 16.5. The minimum Gasteiger partial charge on any atom is -0.497 e. The topological polar surface area (TPSA) is 92.4 Å². The maximum absolute atomic E-state index is 13.1. The van der Waals surface area contributed by atoms with Crippen molar-refractivity contribution in [2.75, 3.05) is 32.1 Å². The van der Waals surface area contributed by atoms with E-state index < -0.39 is 0 Å². The van der Waals surface area contributed by atoms with E-state index in [1.54, 1.807) is 31.4 Å². The maximum Gasteiger partial charge on any atom is 0.257 e. The smallest absolute Gasteiger partial charge is 0.257 e. The number of H-pyrrole nitrogens is 1. The summed E-state index contributed by atoms with van der Waals surface area (Å²) >= 11 is 0. The number of amides is 1. The van der Waals surface area contributed by atoms with E-state index >= 15 is 0 Å². The number of hydrogen-bond donors (Lipinski definition) is 3. The monoisotopic (exact) mass is 535 g/mol. The van der Waals surface area contributed by atoms with E-state index in [9.17, 15) is 9.59 Å². The van der Waals surface area contributed by atoms with Crippen molar-refractivity contribution in [1.82, 2.24) is 10.3 Å². The highest BCUT2D eigenvalue weighted by molar-refractivity contribution is 6.13. The number of aromatic nitrogens is 1. The Kier molecular flexibility index (Phi) is 8.73. The second kappa shape index (κ2) is 13.0. The molecule has 1 amide bonds. The molecule has 1 heterocycles. The highest BCUT2D eigenvalue weighted by Crippen LogP contribution is 2.21. The van der Waals surface area contributed by atoms with Gasteiger partial charge in [0.15, 0.2) is 5.43 Å². The summed E-state index contributed by atoms with van der Waals surface area (Å²) in [7, 11) is 1.68. The molecule has 5 aromatic rings. The van der Waals surface area contributed by atoms with Gasteiger partial charge >= 0.3 is 0 Å². The summed E-state index contributed by atoms with van der Waals surface area (Å²) in [4.78, 5) is 29.3. The lowest BCUT2D eigenvalue weighted by Gasteiger charge is -2.11. The van der Waals surface area contributed by atoms with Gasteiger partial charge in [0, 0.05) is 22.0 Å². The summed E-state index contributed by atoms with van der Waals surface area (Å²) in [6, 6.07) is 28.0. The van der Waals surface area contributed by atoms with Crippen LogP contribution in [0.5, 0.6) is 11.5 Å². The first-order valence-corrected chi connectivity index (χ1v) is 13.5. The second-order valence-electron chi connectivity index (χ2n) is 9.61. The third kappa shape index (κ3) is 6.50. The number of aryl methyl sites for hydroxylation is 1. The Bertz CT molecular complexity index is 1640. The van der Waals surface area contributed by atoms with Crippen LogP contribution in [0.25, 0.3) is 21.8 Å². The van der Waals surface area contributed by atoms with Crippen molar-refractivity contribution >= 4 is 33.4 Å². The molecule has 5 rings (SSSR count). The first kappa shape index (κ1) is 27.0. The van der Waals surface area contributed by atoms with E-state index in [0.717, 1.165) is 43.9 Å². The Hall–Kier alpha value is -4.62. The van der Waals surface area contributed by atoms with Crippen molar-refractivity contribution in [3.63, 3.8) is 0 Å².